The van der Waals surface area contributed by atoms with Gasteiger partial charge in [-0.25, -0.2) is 8.78 Å². The molecule has 0 radical (unpaired) electrons. The van der Waals surface area contributed by atoms with Crippen molar-refractivity contribution in [2.45, 2.75) is 65.0 Å². The zero-order valence-corrected chi connectivity index (χ0v) is 17.2. The number of hydrogen-bond acceptors (Lipinski definition) is 3. The summed E-state index contributed by atoms with van der Waals surface area (Å²) in [5.41, 5.74) is 0.406. The maximum atomic E-state index is 14.0. The minimum absolute atomic E-state index is 0.333. The Morgan fingerprint density at radius 2 is 2.10 bits per heavy atom. The molecule has 0 bridgehead atoms. The van der Waals surface area contributed by atoms with Crippen LogP contribution in [0, 0.1) is 11.6 Å². The van der Waals surface area contributed by atoms with E-state index in [1.54, 1.807) is 0 Å². The first-order chi connectivity index (χ1) is 14.1. The number of nitrogens with zero attached hydrogens (tertiary/aromatic N) is 4. The molecule has 6 nitrogen and oxygen atoms in total. The Hall–Kier alpha value is -2.51. The fourth-order valence-electron chi connectivity index (χ4n) is 3.61. The lowest BCUT2D eigenvalue weighted by Crippen LogP contribution is -2.39. The third-order valence-corrected chi connectivity index (χ3v) is 5.14. The predicted octanol–water partition coefficient (Wildman–Crippen LogP) is 3.53. The highest BCUT2D eigenvalue weighted by Gasteiger charge is 2.15. The molecule has 0 saturated carbocycles. The normalized spacial score (nSPS) is 15.5. The molecular weight excluding hydrogens is 374 g/mol. The van der Waals surface area contributed by atoms with Gasteiger partial charge in [0.25, 0.3) is 0 Å². The van der Waals surface area contributed by atoms with Gasteiger partial charge in [-0.3, -0.25) is 4.99 Å². The molecule has 3 rings (SSSR count). The second-order valence-corrected chi connectivity index (χ2v) is 7.39. The molecule has 29 heavy (non-hydrogen) atoms. The summed E-state index contributed by atoms with van der Waals surface area (Å²) in [5, 5.41) is 15.1. The Kier molecular flexibility index (Phi) is 7.55. The highest BCUT2D eigenvalue weighted by atomic mass is 19.1. The molecule has 0 aliphatic carbocycles. The lowest BCUT2D eigenvalue weighted by molar-refractivity contribution is 0.550. The molecule has 0 saturated heterocycles. The van der Waals surface area contributed by atoms with Crippen LogP contribution >= 0.6 is 0 Å². The van der Waals surface area contributed by atoms with Gasteiger partial charge in [0.05, 0.1) is 6.04 Å². The summed E-state index contributed by atoms with van der Waals surface area (Å²) in [6, 6.07) is 3.30. The van der Waals surface area contributed by atoms with Gasteiger partial charge in [-0.15, -0.1) is 10.2 Å². The number of halogens is 2. The highest BCUT2D eigenvalue weighted by Crippen LogP contribution is 2.18. The summed E-state index contributed by atoms with van der Waals surface area (Å²) < 4.78 is 29.4. The van der Waals surface area contributed by atoms with Crippen LogP contribution in [0.25, 0.3) is 0 Å². The van der Waals surface area contributed by atoms with E-state index < -0.39 is 11.6 Å². The smallest absolute Gasteiger partial charge is 0.191 e. The number of hydrogen-bond donors (Lipinski definition) is 2. The van der Waals surface area contributed by atoms with Crippen LogP contribution < -0.4 is 10.6 Å². The standard InChI is InChI=1S/C21H30F2N6/c1-3-24-21(26-15(2)17-11-10-16(22)14-18(17)23)25-12-7-9-20-28-27-19-8-5-4-6-13-29(19)20/h10-11,14-15H,3-9,12-13H2,1-2H3,(H2,24,25,26). The first-order valence-electron chi connectivity index (χ1n) is 10.5. The number of aromatic nitrogens is 3. The van der Waals surface area contributed by atoms with Gasteiger partial charge < -0.3 is 15.2 Å². The summed E-state index contributed by atoms with van der Waals surface area (Å²) in [7, 11) is 0. The highest BCUT2D eigenvalue weighted by molar-refractivity contribution is 5.80. The van der Waals surface area contributed by atoms with Gasteiger partial charge in [0.1, 0.15) is 23.3 Å². The van der Waals surface area contributed by atoms with Crippen LogP contribution in [0.3, 0.4) is 0 Å². The largest absolute Gasteiger partial charge is 0.357 e. The van der Waals surface area contributed by atoms with E-state index in [9.17, 15) is 8.78 Å². The van der Waals surface area contributed by atoms with Crippen LogP contribution in [0.1, 0.15) is 62.8 Å². The van der Waals surface area contributed by atoms with E-state index in [0.717, 1.165) is 43.5 Å². The molecule has 2 aromatic rings. The van der Waals surface area contributed by atoms with Crippen molar-refractivity contribution >= 4 is 5.96 Å². The van der Waals surface area contributed by atoms with E-state index in [0.29, 0.717) is 24.6 Å². The van der Waals surface area contributed by atoms with E-state index in [4.69, 9.17) is 0 Å². The molecule has 2 heterocycles. The number of aryl methyl sites for hydroxylation is 2. The van der Waals surface area contributed by atoms with Crippen LogP contribution in [-0.2, 0) is 19.4 Å². The van der Waals surface area contributed by atoms with Gasteiger partial charge in [-0.2, -0.15) is 0 Å². The summed E-state index contributed by atoms with van der Waals surface area (Å²) >= 11 is 0. The fourth-order valence-corrected chi connectivity index (χ4v) is 3.61. The van der Waals surface area contributed by atoms with Crippen molar-refractivity contribution in [2.24, 2.45) is 4.99 Å². The summed E-state index contributed by atoms with van der Waals surface area (Å²) in [6.07, 6.45) is 6.32. The van der Waals surface area contributed by atoms with Crippen molar-refractivity contribution in [3.8, 4) is 0 Å². The third-order valence-electron chi connectivity index (χ3n) is 5.14. The molecular formula is C21H30F2N6. The van der Waals surface area contributed by atoms with Crippen molar-refractivity contribution < 1.29 is 8.78 Å². The van der Waals surface area contributed by atoms with E-state index in [1.807, 2.05) is 13.8 Å². The van der Waals surface area contributed by atoms with Crippen LogP contribution in [-0.4, -0.2) is 33.8 Å². The zero-order valence-electron chi connectivity index (χ0n) is 17.2. The second-order valence-electron chi connectivity index (χ2n) is 7.39. The molecule has 1 aromatic heterocycles. The Morgan fingerprint density at radius 3 is 2.90 bits per heavy atom. The minimum Gasteiger partial charge on any atom is -0.357 e. The van der Waals surface area contributed by atoms with Gasteiger partial charge in [-0.1, -0.05) is 12.5 Å². The molecule has 1 aliphatic rings. The maximum absolute atomic E-state index is 14.0. The Bertz CT molecular complexity index is 833. The van der Waals surface area contributed by atoms with E-state index in [1.165, 1.54) is 31.4 Å². The molecule has 0 spiro atoms. The molecule has 8 heteroatoms. The average molecular weight is 405 g/mol. The molecule has 1 atom stereocenters. The fraction of sp³-hybridized carbons (Fsp3) is 0.571. The summed E-state index contributed by atoms with van der Waals surface area (Å²) in [4.78, 5) is 4.60. The molecule has 1 aliphatic heterocycles. The van der Waals surface area contributed by atoms with Crippen LogP contribution in [0.15, 0.2) is 23.2 Å². The Morgan fingerprint density at radius 1 is 1.24 bits per heavy atom. The van der Waals surface area contributed by atoms with Crippen LogP contribution in [0.2, 0.25) is 0 Å². The molecule has 1 aromatic carbocycles. The van der Waals surface area contributed by atoms with Crippen molar-refractivity contribution in [3.63, 3.8) is 0 Å². The lowest BCUT2D eigenvalue weighted by Gasteiger charge is -2.18. The Balaban J connectivity index is 1.56. The van der Waals surface area contributed by atoms with Crippen molar-refractivity contribution in [1.82, 2.24) is 25.4 Å². The van der Waals surface area contributed by atoms with Gasteiger partial charge >= 0.3 is 0 Å². The summed E-state index contributed by atoms with van der Waals surface area (Å²) in [6.45, 7) is 6.13. The SMILES string of the molecule is CCNC(=NCCCc1nnc2n1CCCCC2)NC(C)c1ccc(F)cc1F. The molecule has 0 fully saturated rings. The van der Waals surface area contributed by atoms with E-state index in [2.05, 4.69) is 30.4 Å². The monoisotopic (exact) mass is 404 g/mol. The predicted molar refractivity (Wildman–Crippen MR) is 110 cm³/mol. The molecule has 0 amide bonds. The molecule has 1 unspecified atom stereocenters. The number of nitrogens with one attached hydrogen (secondary N) is 2. The van der Waals surface area contributed by atoms with E-state index in [-0.39, 0.29) is 6.04 Å². The first-order valence-corrected chi connectivity index (χ1v) is 10.5. The van der Waals surface area contributed by atoms with Crippen LogP contribution in [0.4, 0.5) is 8.78 Å². The number of guanidine groups is 1. The zero-order chi connectivity index (χ0) is 20.6. The minimum atomic E-state index is -0.578. The number of rotatable bonds is 7. The van der Waals surface area contributed by atoms with Crippen molar-refractivity contribution in [2.75, 3.05) is 13.1 Å². The quantitative estimate of drug-likeness (QED) is 0.421. The van der Waals surface area contributed by atoms with Gasteiger partial charge in [0.2, 0.25) is 0 Å². The van der Waals surface area contributed by atoms with E-state index >= 15 is 0 Å². The summed E-state index contributed by atoms with van der Waals surface area (Å²) in [5.74, 6) is 1.62. The second kappa shape index (κ2) is 10.3. The molecule has 158 valence electrons. The maximum Gasteiger partial charge on any atom is 0.191 e. The number of fused-ring (bicyclic) bond motifs is 1. The average Bonchev–Trinajstić information content (AvgIpc) is 2.91. The van der Waals surface area contributed by atoms with Gasteiger partial charge in [-0.05, 0) is 39.2 Å². The molecule has 2 N–H and O–H groups in total. The third kappa shape index (κ3) is 5.74. The van der Waals surface area contributed by atoms with Crippen molar-refractivity contribution in [1.29, 1.82) is 0 Å². The Labute approximate surface area is 170 Å². The van der Waals surface area contributed by atoms with Gasteiger partial charge in [0.15, 0.2) is 5.96 Å². The lowest BCUT2D eigenvalue weighted by atomic mass is 10.1. The number of benzene rings is 1. The number of aliphatic imine (C=N–C) groups is 1. The van der Waals surface area contributed by atoms with Gasteiger partial charge in [0, 0.05) is 44.1 Å². The first kappa shape index (κ1) is 21.2. The van der Waals surface area contributed by atoms with Crippen molar-refractivity contribution in [3.05, 3.63) is 47.0 Å². The topological polar surface area (TPSA) is 67.1 Å². The van der Waals surface area contributed by atoms with Crippen LogP contribution in [0.5, 0.6) is 0 Å².